The number of nitrogens with zero attached hydrogens (tertiary/aromatic N) is 4. The molecule has 7 nitrogen and oxygen atoms in total. The average Bonchev–Trinajstić information content (AvgIpc) is 3.09. The molecule has 0 spiro atoms. The molecule has 2 heterocycles. The maximum Gasteiger partial charge on any atom is 0.220 e. The summed E-state index contributed by atoms with van der Waals surface area (Å²) < 4.78 is 1.90. The number of nitrogens with one attached hydrogen (secondary N) is 2. The molecule has 1 amide bonds. The Morgan fingerprint density at radius 3 is 2.79 bits per heavy atom. The number of benzene rings is 1. The molecule has 0 aliphatic carbocycles. The van der Waals surface area contributed by atoms with Crippen molar-refractivity contribution in [1.82, 2.24) is 24.8 Å². The number of anilines is 1. The number of rotatable bonds is 8. The normalized spacial score (nSPS) is 10.7. The lowest BCUT2D eigenvalue weighted by Gasteiger charge is -2.10. The minimum atomic E-state index is 0.00960. The standard InChI is InChI=1S/C20H23ClN6O/c1-14-25-18(13-19(26-14)27-11-10-22-15(27)2)23-8-9-24-20(28)7-6-16-4-3-5-17(21)12-16/h3-5,10-13H,6-9H2,1-2H3,(H,24,28)(H,23,25,26). The first-order chi connectivity index (χ1) is 13.5. The lowest BCUT2D eigenvalue weighted by atomic mass is 10.1. The van der Waals surface area contributed by atoms with Crippen LogP contribution in [0.15, 0.2) is 42.7 Å². The zero-order chi connectivity index (χ0) is 19.9. The van der Waals surface area contributed by atoms with Crippen LogP contribution >= 0.6 is 11.6 Å². The third-order valence-electron chi connectivity index (χ3n) is 4.18. The molecule has 0 unspecified atom stereocenters. The summed E-state index contributed by atoms with van der Waals surface area (Å²) in [6, 6.07) is 9.43. The van der Waals surface area contributed by atoms with Crippen molar-refractivity contribution in [2.24, 2.45) is 0 Å². The maximum absolute atomic E-state index is 12.0. The summed E-state index contributed by atoms with van der Waals surface area (Å²) in [4.78, 5) is 25.1. The molecule has 0 saturated carbocycles. The van der Waals surface area contributed by atoms with Crippen molar-refractivity contribution in [2.45, 2.75) is 26.7 Å². The van der Waals surface area contributed by atoms with Gasteiger partial charge < -0.3 is 10.6 Å². The van der Waals surface area contributed by atoms with Crippen molar-refractivity contribution in [1.29, 1.82) is 0 Å². The average molecular weight is 399 g/mol. The van der Waals surface area contributed by atoms with Gasteiger partial charge in [-0.1, -0.05) is 23.7 Å². The number of carbonyl (C=O) groups excluding carboxylic acids is 1. The molecule has 3 rings (SSSR count). The Labute approximate surface area is 169 Å². The first kappa shape index (κ1) is 19.8. The zero-order valence-corrected chi connectivity index (χ0v) is 16.7. The van der Waals surface area contributed by atoms with Gasteiger partial charge in [0.25, 0.3) is 0 Å². The van der Waals surface area contributed by atoms with Crippen molar-refractivity contribution in [3.63, 3.8) is 0 Å². The summed E-state index contributed by atoms with van der Waals surface area (Å²) in [5.74, 6) is 3.00. The quantitative estimate of drug-likeness (QED) is 0.569. The number of aryl methyl sites for hydroxylation is 3. The first-order valence-electron chi connectivity index (χ1n) is 9.12. The summed E-state index contributed by atoms with van der Waals surface area (Å²) in [6.45, 7) is 4.85. The summed E-state index contributed by atoms with van der Waals surface area (Å²) in [5, 5.41) is 6.83. The summed E-state index contributed by atoms with van der Waals surface area (Å²) in [7, 11) is 0. The smallest absolute Gasteiger partial charge is 0.220 e. The SMILES string of the molecule is Cc1nc(NCCNC(=O)CCc2cccc(Cl)c2)cc(-n2ccnc2C)n1. The van der Waals surface area contributed by atoms with E-state index in [1.807, 2.05) is 54.9 Å². The van der Waals surface area contributed by atoms with Gasteiger partial charge in [0.05, 0.1) is 0 Å². The molecule has 1 aromatic carbocycles. The van der Waals surface area contributed by atoms with Crippen molar-refractivity contribution in [2.75, 3.05) is 18.4 Å². The molecule has 0 atom stereocenters. The van der Waals surface area contributed by atoms with Crippen LogP contribution in [0.25, 0.3) is 5.82 Å². The van der Waals surface area contributed by atoms with Crippen LogP contribution in [-0.2, 0) is 11.2 Å². The lowest BCUT2D eigenvalue weighted by molar-refractivity contribution is -0.120. The highest BCUT2D eigenvalue weighted by Crippen LogP contribution is 2.13. The Morgan fingerprint density at radius 1 is 1.18 bits per heavy atom. The predicted molar refractivity (Wildman–Crippen MR) is 110 cm³/mol. The molecule has 0 fully saturated rings. The van der Waals surface area contributed by atoms with Gasteiger partial charge in [-0.25, -0.2) is 15.0 Å². The van der Waals surface area contributed by atoms with E-state index in [2.05, 4.69) is 25.6 Å². The molecular formula is C20H23ClN6O. The van der Waals surface area contributed by atoms with E-state index in [4.69, 9.17) is 11.6 Å². The monoisotopic (exact) mass is 398 g/mol. The van der Waals surface area contributed by atoms with E-state index in [1.54, 1.807) is 6.20 Å². The Morgan fingerprint density at radius 2 is 2.04 bits per heavy atom. The van der Waals surface area contributed by atoms with Crippen LogP contribution in [0, 0.1) is 13.8 Å². The van der Waals surface area contributed by atoms with Crippen LogP contribution in [0.4, 0.5) is 5.82 Å². The molecule has 8 heteroatoms. The first-order valence-corrected chi connectivity index (χ1v) is 9.50. The van der Waals surface area contributed by atoms with E-state index in [0.29, 0.717) is 42.6 Å². The van der Waals surface area contributed by atoms with E-state index in [-0.39, 0.29) is 5.91 Å². The largest absolute Gasteiger partial charge is 0.368 e. The molecule has 2 N–H and O–H groups in total. The highest BCUT2D eigenvalue weighted by atomic mass is 35.5. The van der Waals surface area contributed by atoms with Crippen LogP contribution < -0.4 is 10.6 Å². The van der Waals surface area contributed by atoms with Crippen LogP contribution in [0.1, 0.15) is 23.6 Å². The molecule has 146 valence electrons. The van der Waals surface area contributed by atoms with Gasteiger partial charge in [0.1, 0.15) is 23.3 Å². The van der Waals surface area contributed by atoms with Crippen LogP contribution in [-0.4, -0.2) is 38.5 Å². The summed E-state index contributed by atoms with van der Waals surface area (Å²) in [5.41, 5.74) is 1.06. The molecule has 0 bridgehead atoms. The molecule has 0 aliphatic heterocycles. The fraction of sp³-hybridized carbons (Fsp3) is 0.300. The minimum Gasteiger partial charge on any atom is -0.368 e. The lowest BCUT2D eigenvalue weighted by Crippen LogP contribution is -2.29. The van der Waals surface area contributed by atoms with Crippen LogP contribution in [0.2, 0.25) is 5.02 Å². The van der Waals surface area contributed by atoms with Crippen molar-refractivity contribution < 1.29 is 4.79 Å². The van der Waals surface area contributed by atoms with E-state index in [0.717, 1.165) is 17.2 Å². The van der Waals surface area contributed by atoms with E-state index in [9.17, 15) is 4.79 Å². The van der Waals surface area contributed by atoms with Gasteiger partial charge in [-0.05, 0) is 38.0 Å². The highest BCUT2D eigenvalue weighted by molar-refractivity contribution is 6.30. The van der Waals surface area contributed by atoms with E-state index >= 15 is 0 Å². The molecule has 0 radical (unpaired) electrons. The Hall–Kier alpha value is -2.93. The zero-order valence-electron chi connectivity index (χ0n) is 15.9. The van der Waals surface area contributed by atoms with Gasteiger partial charge in [-0.2, -0.15) is 0 Å². The van der Waals surface area contributed by atoms with Gasteiger partial charge in [0.2, 0.25) is 5.91 Å². The number of halogens is 1. The van der Waals surface area contributed by atoms with Gasteiger partial charge in [-0.3, -0.25) is 9.36 Å². The fourth-order valence-electron chi connectivity index (χ4n) is 2.82. The molecule has 0 aliphatic rings. The van der Waals surface area contributed by atoms with E-state index in [1.165, 1.54) is 0 Å². The number of imidazole rings is 1. The van der Waals surface area contributed by atoms with Crippen LogP contribution in [0.3, 0.4) is 0 Å². The number of amides is 1. The number of aromatic nitrogens is 4. The second kappa shape index (κ2) is 9.32. The third kappa shape index (κ3) is 5.53. The maximum atomic E-state index is 12.0. The summed E-state index contributed by atoms with van der Waals surface area (Å²) in [6.07, 6.45) is 4.69. The van der Waals surface area contributed by atoms with Crippen molar-refractivity contribution in [3.8, 4) is 5.82 Å². The second-order valence-corrected chi connectivity index (χ2v) is 6.85. The van der Waals surface area contributed by atoms with Crippen molar-refractivity contribution in [3.05, 3.63) is 65.0 Å². The number of hydrogen-bond acceptors (Lipinski definition) is 5. The summed E-state index contributed by atoms with van der Waals surface area (Å²) >= 11 is 5.96. The molecule has 28 heavy (non-hydrogen) atoms. The number of hydrogen-bond donors (Lipinski definition) is 2. The highest BCUT2D eigenvalue weighted by Gasteiger charge is 2.07. The van der Waals surface area contributed by atoms with Gasteiger partial charge in [-0.15, -0.1) is 0 Å². The van der Waals surface area contributed by atoms with Gasteiger partial charge >= 0.3 is 0 Å². The molecule has 0 saturated heterocycles. The van der Waals surface area contributed by atoms with Crippen LogP contribution in [0.5, 0.6) is 0 Å². The van der Waals surface area contributed by atoms with Gasteiger partial charge in [0.15, 0.2) is 0 Å². The van der Waals surface area contributed by atoms with E-state index < -0.39 is 0 Å². The Balaban J connectivity index is 1.45. The van der Waals surface area contributed by atoms with Gasteiger partial charge in [0, 0.05) is 43.0 Å². The topological polar surface area (TPSA) is 84.7 Å². The Bertz CT molecular complexity index is 955. The number of carbonyl (C=O) groups is 1. The minimum absolute atomic E-state index is 0.00960. The molecule has 2 aromatic heterocycles. The molecular weight excluding hydrogens is 376 g/mol. The fourth-order valence-corrected chi connectivity index (χ4v) is 3.03. The Kier molecular flexibility index (Phi) is 6.60. The third-order valence-corrected chi connectivity index (χ3v) is 4.42. The molecule has 3 aromatic rings. The van der Waals surface area contributed by atoms with Crippen molar-refractivity contribution >= 4 is 23.3 Å². The second-order valence-electron chi connectivity index (χ2n) is 6.41. The predicted octanol–water partition coefficient (Wildman–Crippen LogP) is 3.09.